The molecule has 0 spiro atoms. The number of nitrogens with zero attached hydrogens (tertiary/aromatic N) is 2. The van der Waals surface area contributed by atoms with Gasteiger partial charge in [0.15, 0.2) is 5.96 Å². The number of hydrogen-bond acceptors (Lipinski definition) is 4. The van der Waals surface area contributed by atoms with Crippen molar-refractivity contribution in [2.75, 3.05) is 40.4 Å². The van der Waals surface area contributed by atoms with Gasteiger partial charge in [0.25, 0.3) is 0 Å². The Morgan fingerprint density at radius 2 is 1.88 bits per heavy atom. The van der Waals surface area contributed by atoms with Gasteiger partial charge in [-0.2, -0.15) is 0 Å². The summed E-state index contributed by atoms with van der Waals surface area (Å²) in [6.45, 7) is 6.98. The SMILES string of the molecule is CCNC(=NCC1CC1)NC1CCN(Cc2cc(OC)cc(OC)c2)C1. The largest absolute Gasteiger partial charge is 0.497 e. The van der Waals surface area contributed by atoms with Crippen LogP contribution in [-0.2, 0) is 6.54 Å². The Balaban J connectivity index is 1.53. The zero-order valence-corrected chi connectivity index (χ0v) is 16.3. The van der Waals surface area contributed by atoms with E-state index in [1.165, 1.54) is 18.4 Å². The smallest absolute Gasteiger partial charge is 0.191 e. The minimum Gasteiger partial charge on any atom is -0.497 e. The van der Waals surface area contributed by atoms with Crippen LogP contribution < -0.4 is 20.1 Å². The van der Waals surface area contributed by atoms with Crippen LogP contribution in [0, 0.1) is 5.92 Å². The number of rotatable bonds is 8. The van der Waals surface area contributed by atoms with Crippen LogP contribution in [0.1, 0.15) is 31.7 Å². The number of ether oxygens (including phenoxy) is 2. The lowest BCUT2D eigenvalue weighted by Crippen LogP contribution is -2.44. The molecule has 0 amide bonds. The molecule has 0 bridgehead atoms. The summed E-state index contributed by atoms with van der Waals surface area (Å²) in [7, 11) is 3.38. The number of likely N-dealkylation sites (tertiary alicyclic amines) is 1. The molecule has 26 heavy (non-hydrogen) atoms. The summed E-state index contributed by atoms with van der Waals surface area (Å²) in [5.74, 6) is 3.47. The van der Waals surface area contributed by atoms with Crippen molar-refractivity contribution in [3.63, 3.8) is 0 Å². The van der Waals surface area contributed by atoms with E-state index in [4.69, 9.17) is 14.5 Å². The number of benzene rings is 1. The molecule has 6 heteroatoms. The molecule has 1 heterocycles. The fraction of sp³-hybridized carbons (Fsp3) is 0.650. The van der Waals surface area contributed by atoms with Gasteiger partial charge < -0.3 is 20.1 Å². The molecular formula is C20H32N4O2. The first-order valence-corrected chi connectivity index (χ1v) is 9.69. The van der Waals surface area contributed by atoms with E-state index in [0.29, 0.717) is 6.04 Å². The van der Waals surface area contributed by atoms with E-state index in [1.54, 1.807) is 14.2 Å². The summed E-state index contributed by atoms with van der Waals surface area (Å²) in [4.78, 5) is 7.20. The lowest BCUT2D eigenvalue weighted by atomic mass is 10.2. The summed E-state index contributed by atoms with van der Waals surface area (Å²) < 4.78 is 10.8. The topological polar surface area (TPSA) is 58.1 Å². The first kappa shape index (κ1) is 18.8. The van der Waals surface area contributed by atoms with Gasteiger partial charge in [0.05, 0.1) is 14.2 Å². The highest BCUT2D eigenvalue weighted by Crippen LogP contribution is 2.28. The fourth-order valence-electron chi connectivity index (χ4n) is 3.34. The van der Waals surface area contributed by atoms with Crippen LogP contribution in [0.25, 0.3) is 0 Å². The van der Waals surface area contributed by atoms with Gasteiger partial charge in [-0.1, -0.05) is 0 Å². The maximum absolute atomic E-state index is 5.38. The van der Waals surface area contributed by atoms with Crippen molar-refractivity contribution in [1.29, 1.82) is 0 Å². The predicted molar refractivity (Wildman–Crippen MR) is 105 cm³/mol. The molecule has 2 fully saturated rings. The second kappa shape index (κ2) is 9.12. The molecular weight excluding hydrogens is 328 g/mol. The van der Waals surface area contributed by atoms with E-state index < -0.39 is 0 Å². The maximum Gasteiger partial charge on any atom is 0.191 e. The summed E-state index contributed by atoms with van der Waals surface area (Å²) >= 11 is 0. The Hall–Kier alpha value is -1.95. The maximum atomic E-state index is 5.38. The van der Waals surface area contributed by atoms with Crippen molar-refractivity contribution < 1.29 is 9.47 Å². The first-order valence-electron chi connectivity index (χ1n) is 9.69. The van der Waals surface area contributed by atoms with Gasteiger partial charge in [0.1, 0.15) is 11.5 Å². The quantitative estimate of drug-likeness (QED) is 0.550. The molecule has 144 valence electrons. The number of guanidine groups is 1. The van der Waals surface area contributed by atoms with Crippen LogP contribution in [0.5, 0.6) is 11.5 Å². The van der Waals surface area contributed by atoms with Gasteiger partial charge in [0.2, 0.25) is 0 Å². The van der Waals surface area contributed by atoms with E-state index in [-0.39, 0.29) is 0 Å². The van der Waals surface area contributed by atoms with Gasteiger partial charge in [-0.25, -0.2) is 0 Å². The Labute approximate surface area is 157 Å². The van der Waals surface area contributed by atoms with Gasteiger partial charge in [0, 0.05) is 44.8 Å². The third-order valence-corrected chi connectivity index (χ3v) is 4.98. The second-order valence-electron chi connectivity index (χ2n) is 7.25. The zero-order valence-electron chi connectivity index (χ0n) is 16.3. The average molecular weight is 361 g/mol. The lowest BCUT2D eigenvalue weighted by Gasteiger charge is -2.19. The normalized spacial score (nSPS) is 20.9. The molecule has 3 rings (SSSR count). The molecule has 1 aliphatic carbocycles. The van der Waals surface area contributed by atoms with E-state index >= 15 is 0 Å². The van der Waals surface area contributed by atoms with Crippen molar-refractivity contribution >= 4 is 5.96 Å². The Kier molecular flexibility index (Phi) is 6.61. The molecule has 1 unspecified atom stereocenters. The van der Waals surface area contributed by atoms with E-state index in [1.807, 2.05) is 6.07 Å². The Morgan fingerprint density at radius 3 is 2.50 bits per heavy atom. The fourth-order valence-corrected chi connectivity index (χ4v) is 3.34. The van der Waals surface area contributed by atoms with Gasteiger partial charge in [-0.15, -0.1) is 0 Å². The van der Waals surface area contributed by atoms with Gasteiger partial charge >= 0.3 is 0 Å². The predicted octanol–water partition coefficient (Wildman–Crippen LogP) is 2.24. The summed E-state index contributed by atoms with van der Waals surface area (Å²) in [5, 5.41) is 6.98. The van der Waals surface area contributed by atoms with Crippen LogP contribution in [0.15, 0.2) is 23.2 Å². The number of nitrogens with one attached hydrogen (secondary N) is 2. The van der Waals surface area contributed by atoms with Gasteiger partial charge in [-0.3, -0.25) is 9.89 Å². The summed E-state index contributed by atoms with van der Waals surface area (Å²) in [6.07, 6.45) is 3.81. The second-order valence-corrected chi connectivity index (χ2v) is 7.25. The van der Waals surface area contributed by atoms with Crippen molar-refractivity contribution in [1.82, 2.24) is 15.5 Å². The number of hydrogen-bond donors (Lipinski definition) is 2. The van der Waals surface area contributed by atoms with Crippen LogP contribution in [0.3, 0.4) is 0 Å². The van der Waals surface area contributed by atoms with E-state index in [0.717, 1.165) is 62.5 Å². The highest BCUT2D eigenvalue weighted by Gasteiger charge is 2.24. The number of aliphatic imine (C=N–C) groups is 1. The Morgan fingerprint density at radius 1 is 1.15 bits per heavy atom. The summed E-state index contributed by atoms with van der Waals surface area (Å²) in [6, 6.07) is 6.53. The molecule has 0 radical (unpaired) electrons. The zero-order chi connectivity index (χ0) is 18.4. The van der Waals surface area contributed by atoms with Crippen LogP contribution in [0.2, 0.25) is 0 Å². The van der Waals surface area contributed by atoms with Crippen molar-refractivity contribution in [3.8, 4) is 11.5 Å². The monoisotopic (exact) mass is 360 g/mol. The highest BCUT2D eigenvalue weighted by molar-refractivity contribution is 5.80. The minimum absolute atomic E-state index is 0.444. The standard InChI is InChI=1S/C20H32N4O2/c1-4-21-20(22-12-15-5-6-15)23-17-7-8-24(14-17)13-16-9-18(25-2)11-19(10-16)26-3/h9-11,15,17H,4-8,12-14H2,1-3H3,(H2,21,22,23). The summed E-state index contributed by atoms with van der Waals surface area (Å²) in [5.41, 5.74) is 1.22. The average Bonchev–Trinajstić information content (AvgIpc) is 3.39. The molecule has 1 atom stereocenters. The molecule has 1 saturated heterocycles. The molecule has 1 aromatic rings. The van der Waals surface area contributed by atoms with Crippen LogP contribution >= 0.6 is 0 Å². The molecule has 6 nitrogen and oxygen atoms in total. The van der Waals surface area contributed by atoms with Crippen LogP contribution in [-0.4, -0.2) is 57.3 Å². The lowest BCUT2D eigenvalue weighted by molar-refractivity contribution is 0.321. The third-order valence-electron chi connectivity index (χ3n) is 4.98. The molecule has 2 N–H and O–H groups in total. The van der Waals surface area contributed by atoms with Crippen molar-refractivity contribution in [3.05, 3.63) is 23.8 Å². The van der Waals surface area contributed by atoms with Gasteiger partial charge in [-0.05, 0) is 49.8 Å². The number of methoxy groups -OCH3 is 2. The molecule has 0 aromatic heterocycles. The van der Waals surface area contributed by atoms with Crippen molar-refractivity contribution in [2.45, 2.75) is 38.8 Å². The third kappa shape index (κ3) is 5.53. The van der Waals surface area contributed by atoms with Crippen molar-refractivity contribution in [2.24, 2.45) is 10.9 Å². The first-order chi connectivity index (χ1) is 12.7. The minimum atomic E-state index is 0.444. The molecule has 1 saturated carbocycles. The highest BCUT2D eigenvalue weighted by atomic mass is 16.5. The van der Waals surface area contributed by atoms with E-state index in [9.17, 15) is 0 Å². The molecule has 2 aliphatic rings. The van der Waals surface area contributed by atoms with Crippen LogP contribution in [0.4, 0.5) is 0 Å². The Bertz CT molecular complexity index is 594. The molecule has 1 aromatic carbocycles. The van der Waals surface area contributed by atoms with E-state index in [2.05, 4.69) is 34.6 Å². The molecule has 1 aliphatic heterocycles.